The van der Waals surface area contributed by atoms with E-state index in [0.717, 1.165) is 24.2 Å². The summed E-state index contributed by atoms with van der Waals surface area (Å²) in [6.07, 6.45) is 3.91. The van der Waals surface area contributed by atoms with E-state index in [9.17, 15) is 13.9 Å². The SMILES string of the molecule is CCc1nn(-c2cncc(C(C)(F)F)n2)c2cc(NC(C)O)ncc12. The molecule has 0 spiro atoms. The maximum absolute atomic E-state index is 13.6. The molecule has 1 unspecified atom stereocenters. The topological polar surface area (TPSA) is 88.8 Å². The number of rotatable bonds is 5. The summed E-state index contributed by atoms with van der Waals surface area (Å²) >= 11 is 0. The maximum atomic E-state index is 13.6. The molecular formula is C16H18F2N6O. The molecule has 0 bridgehead atoms. The molecule has 7 nitrogen and oxygen atoms in total. The lowest BCUT2D eigenvalue weighted by molar-refractivity contribution is 0.0123. The molecule has 3 rings (SSSR count). The predicted molar refractivity (Wildman–Crippen MR) is 88.7 cm³/mol. The number of alkyl halides is 2. The van der Waals surface area contributed by atoms with Crippen LogP contribution in [0.3, 0.4) is 0 Å². The summed E-state index contributed by atoms with van der Waals surface area (Å²) in [7, 11) is 0. The molecule has 25 heavy (non-hydrogen) atoms. The van der Waals surface area contributed by atoms with Gasteiger partial charge in [0.25, 0.3) is 5.92 Å². The van der Waals surface area contributed by atoms with E-state index in [1.54, 1.807) is 19.2 Å². The monoisotopic (exact) mass is 348 g/mol. The van der Waals surface area contributed by atoms with Gasteiger partial charge in [0.1, 0.15) is 17.7 Å². The van der Waals surface area contributed by atoms with E-state index in [4.69, 9.17) is 0 Å². The molecule has 0 aliphatic carbocycles. The summed E-state index contributed by atoms with van der Waals surface area (Å²) in [5, 5.41) is 17.5. The van der Waals surface area contributed by atoms with Gasteiger partial charge >= 0.3 is 0 Å². The minimum absolute atomic E-state index is 0.193. The summed E-state index contributed by atoms with van der Waals surface area (Å²) in [6, 6.07) is 1.69. The van der Waals surface area contributed by atoms with Crippen molar-refractivity contribution in [3.8, 4) is 5.82 Å². The Morgan fingerprint density at radius 2 is 2.08 bits per heavy atom. The molecule has 2 N–H and O–H groups in total. The maximum Gasteiger partial charge on any atom is 0.288 e. The Morgan fingerprint density at radius 3 is 2.72 bits per heavy atom. The molecule has 9 heteroatoms. The minimum Gasteiger partial charge on any atom is -0.374 e. The molecule has 3 heterocycles. The van der Waals surface area contributed by atoms with Crippen LogP contribution < -0.4 is 5.32 Å². The van der Waals surface area contributed by atoms with Gasteiger partial charge in [-0.15, -0.1) is 0 Å². The van der Waals surface area contributed by atoms with Crippen LogP contribution in [0.15, 0.2) is 24.7 Å². The summed E-state index contributed by atoms with van der Waals surface area (Å²) in [6.45, 7) is 4.28. The van der Waals surface area contributed by atoms with Crippen LogP contribution >= 0.6 is 0 Å². The average molecular weight is 348 g/mol. The number of hydrogen-bond donors (Lipinski definition) is 2. The number of aryl methyl sites for hydroxylation is 1. The Kier molecular flexibility index (Phi) is 4.34. The Morgan fingerprint density at radius 1 is 1.32 bits per heavy atom. The fraction of sp³-hybridized carbons (Fsp3) is 0.375. The molecular weight excluding hydrogens is 330 g/mol. The van der Waals surface area contributed by atoms with Gasteiger partial charge in [-0.05, 0) is 13.3 Å². The first kappa shape index (κ1) is 17.2. The van der Waals surface area contributed by atoms with Crippen molar-refractivity contribution in [2.45, 2.75) is 39.3 Å². The summed E-state index contributed by atoms with van der Waals surface area (Å²) in [4.78, 5) is 12.1. The fourth-order valence-corrected chi connectivity index (χ4v) is 2.47. The second-order valence-electron chi connectivity index (χ2n) is 5.77. The highest BCUT2D eigenvalue weighted by Gasteiger charge is 2.27. The number of fused-ring (bicyclic) bond motifs is 1. The van der Waals surface area contributed by atoms with Crippen molar-refractivity contribution in [3.63, 3.8) is 0 Å². The number of nitrogens with one attached hydrogen (secondary N) is 1. The number of aliphatic hydroxyl groups is 1. The third-order valence-electron chi connectivity index (χ3n) is 3.62. The summed E-state index contributed by atoms with van der Waals surface area (Å²) in [5.41, 5.74) is 0.977. The minimum atomic E-state index is -3.10. The number of nitrogens with zero attached hydrogens (tertiary/aromatic N) is 5. The molecule has 0 saturated heterocycles. The highest BCUT2D eigenvalue weighted by molar-refractivity contribution is 5.84. The van der Waals surface area contributed by atoms with Gasteiger partial charge in [-0.2, -0.15) is 13.9 Å². The number of anilines is 1. The predicted octanol–water partition coefficient (Wildman–Crippen LogP) is 2.63. The fourth-order valence-electron chi connectivity index (χ4n) is 2.47. The third-order valence-corrected chi connectivity index (χ3v) is 3.62. The van der Waals surface area contributed by atoms with Crippen LogP contribution in [0.4, 0.5) is 14.6 Å². The van der Waals surface area contributed by atoms with Crippen LogP contribution in [0, 0.1) is 0 Å². The lowest BCUT2D eigenvalue weighted by atomic mass is 10.2. The van der Waals surface area contributed by atoms with E-state index in [-0.39, 0.29) is 5.82 Å². The van der Waals surface area contributed by atoms with Crippen molar-refractivity contribution in [1.29, 1.82) is 0 Å². The lowest BCUT2D eigenvalue weighted by Crippen LogP contribution is -2.14. The Labute approximate surface area is 142 Å². The first-order valence-corrected chi connectivity index (χ1v) is 7.82. The molecule has 0 amide bonds. The highest BCUT2D eigenvalue weighted by atomic mass is 19.3. The molecule has 3 aromatic rings. The zero-order valence-corrected chi connectivity index (χ0v) is 14.0. The van der Waals surface area contributed by atoms with Crippen LogP contribution in [0.1, 0.15) is 32.2 Å². The number of halogens is 2. The van der Waals surface area contributed by atoms with Gasteiger partial charge in [0, 0.05) is 24.6 Å². The van der Waals surface area contributed by atoms with Gasteiger partial charge in [-0.3, -0.25) is 4.98 Å². The number of pyridine rings is 1. The first-order valence-electron chi connectivity index (χ1n) is 7.82. The normalized spacial score (nSPS) is 13.2. The van der Waals surface area contributed by atoms with E-state index < -0.39 is 17.8 Å². The van der Waals surface area contributed by atoms with E-state index >= 15 is 0 Å². The van der Waals surface area contributed by atoms with Gasteiger partial charge in [0.05, 0.1) is 23.6 Å². The molecule has 0 radical (unpaired) electrons. The zero-order chi connectivity index (χ0) is 18.2. The second kappa shape index (κ2) is 6.32. The molecule has 132 valence electrons. The smallest absolute Gasteiger partial charge is 0.288 e. The van der Waals surface area contributed by atoms with Crippen LogP contribution in [0.5, 0.6) is 0 Å². The van der Waals surface area contributed by atoms with Crippen LogP contribution in [-0.4, -0.2) is 36.1 Å². The second-order valence-corrected chi connectivity index (χ2v) is 5.77. The van der Waals surface area contributed by atoms with Crippen molar-refractivity contribution in [1.82, 2.24) is 24.7 Å². The number of aromatic nitrogens is 5. The van der Waals surface area contributed by atoms with Crippen molar-refractivity contribution in [2.24, 2.45) is 0 Å². The zero-order valence-electron chi connectivity index (χ0n) is 14.0. The quantitative estimate of drug-likeness (QED) is 0.689. The largest absolute Gasteiger partial charge is 0.374 e. The molecule has 1 atom stereocenters. The van der Waals surface area contributed by atoms with E-state index in [2.05, 4.69) is 25.4 Å². The van der Waals surface area contributed by atoms with E-state index in [1.807, 2.05) is 6.92 Å². The molecule has 3 aromatic heterocycles. The Balaban J connectivity index is 2.18. The third kappa shape index (κ3) is 3.41. The number of aliphatic hydroxyl groups excluding tert-OH is 1. The van der Waals surface area contributed by atoms with Crippen molar-refractivity contribution in [3.05, 3.63) is 36.0 Å². The van der Waals surface area contributed by atoms with Crippen LogP contribution in [-0.2, 0) is 12.3 Å². The molecule has 0 fully saturated rings. The molecule has 0 saturated carbocycles. The number of hydrogen-bond acceptors (Lipinski definition) is 6. The molecule has 0 aromatic carbocycles. The Bertz CT molecular complexity index is 903. The van der Waals surface area contributed by atoms with Gasteiger partial charge in [-0.1, -0.05) is 6.92 Å². The lowest BCUT2D eigenvalue weighted by Gasteiger charge is -2.11. The van der Waals surface area contributed by atoms with Gasteiger partial charge in [-0.25, -0.2) is 14.6 Å². The summed E-state index contributed by atoms with van der Waals surface area (Å²) in [5.74, 6) is -2.46. The van der Waals surface area contributed by atoms with E-state index in [1.165, 1.54) is 10.9 Å². The highest BCUT2D eigenvalue weighted by Crippen LogP contribution is 2.27. The summed E-state index contributed by atoms with van der Waals surface area (Å²) < 4.78 is 28.6. The van der Waals surface area contributed by atoms with Crippen LogP contribution in [0.25, 0.3) is 16.7 Å². The molecule has 0 aliphatic rings. The van der Waals surface area contributed by atoms with Crippen molar-refractivity contribution < 1.29 is 13.9 Å². The van der Waals surface area contributed by atoms with Gasteiger partial charge in [0.2, 0.25) is 0 Å². The first-order chi connectivity index (χ1) is 11.8. The standard InChI is InChI=1S/C16H18F2N6O/c1-4-11-10-6-20-14(21-9(2)25)5-12(10)24(23-11)15-8-19-7-13(22-15)16(3,17)18/h5-9,25H,4H2,1-3H3,(H,20,21). The van der Waals surface area contributed by atoms with Gasteiger partial charge < -0.3 is 10.4 Å². The average Bonchev–Trinajstić information content (AvgIpc) is 2.91. The Hall–Kier alpha value is -2.68. The van der Waals surface area contributed by atoms with Crippen molar-refractivity contribution >= 4 is 16.7 Å². The van der Waals surface area contributed by atoms with Crippen LogP contribution in [0.2, 0.25) is 0 Å². The van der Waals surface area contributed by atoms with E-state index in [0.29, 0.717) is 17.8 Å². The molecule has 0 aliphatic heterocycles. The van der Waals surface area contributed by atoms with Crippen molar-refractivity contribution in [2.75, 3.05) is 5.32 Å². The van der Waals surface area contributed by atoms with Gasteiger partial charge in [0.15, 0.2) is 5.82 Å².